The highest BCUT2D eigenvalue weighted by atomic mass is 19.4. The molecule has 7 heteroatoms. The van der Waals surface area contributed by atoms with E-state index in [1.54, 1.807) is 0 Å². The molecule has 0 fully saturated rings. The zero-order chi connectivity index (χ0) is 14.6. The number of hydrogen-bond acceptors (Lipinski definition) is 4. The lowest BCUT2D eigenvalue weighted by Gasteiger charge is -2.06. The molecule has 0 saturated carbocycles. The molecular weight excluding hydrogens is 261 g/mol. The monoisotopic (exact) mass is 272 g/mol. The van der Waals surface area contributed by atoms with E-state index in [2.05, 4.69) is 10.2 Å². The molecule has 0 heterocycles. The van der Waals surface area contributed by atoms with Crippen molar-refractivity contribution in [2.75, 3.05) is 0 Å². The number of allylic oxidation sites excluding steroid dienone is 2. The van der Waals surface area contributed by atoms with Crippen molar-refractivity contribution < 1.29 is 23.1 Å². The Hall–Kier alpha value is -2.18. The Kier molecular flexibility index (Phi) is 4.42. The van der Waals surface area contributed by atoms with Gasteiger partial charge < -0.3 is 5.11 Å². The van der Waals surface area contributed by atoms with Crippen LogP contribution in [0.5, 0.6) is 0 Å². The van der Waals surface area contributed by atoms with E-state index in [4.69, 9.17) is 5.11 Å². The topological polar surface area (TPSA) is 62.0 Å². The summed E-state index contributed by atoms with van der Waals surface area (Å²) >= 11 is 0. The Morgan fingerprint density at radius 1 is 1.26 bits per heavy atom. The third-order valence-electron chi connectivity index (χ3n) is 2.12. The number of azo groups is 1. The molecule has 0 saturated heterocycles. The Balaban J connectivity index is 3.07. The molecule has 102 valence electrons. The first-order chi connectivity index (χ1) is 8.71. The summed E-state index contributed by atoms with van der Waals surface area (Å²) in [6, 6.07) is 4.19. The van der Waals surface area contributed by atoms with Gasteiger partial charge in [-0.15, -0.1) is 5.11 Å². The number of rotatable bonds is 3. The van der Waals surface area contributed by atoms with Gasteiger partial charge in [0.2, 0.25) is 0 Å². The van der Waals surface area contributed by atoms with Gasteiger partial charge >= 0.3 is 6.18 Å². The molecule has 1 aromatic rings. The number of nitrogens with zero attached hydrogens (tertiary/aromatic N) is 2. The molecule has 0 radical (unpaired) electrons. The van der Waals surface area contributed by atoms with E-state index in [0.29, 0.717) is 0 Å². The van der Waals surface area contributed by atoms with E-state index in [-0.39, 0.29) is 17.1 Å². The van der Waals surface area contributed by atoms with Gasteiger partial charge in [-0.05, 0) is 25.1 Å². The standard InChI is InChI=1S/C12H11F3N2O2/c1-7(18)11(8(2)19)17-16-10-5-3-4-9(6-10)12(13,14)15/h3-6,18H,1-2H3/b11-7+,17-16?. The van der Waals surface area contributed by atoms with Gasteiger partial charge in [-0.25, -0.2) is 0 Å². The van der Waals surface area contributed by atoms with Crippen molar-refractivity contribution in [3.05, 3.63) is 41.3 Å². The molecule has 1 N–H and O–H groups in total. The maximum atomic E-state index is 12.4. The highest BCUT2D eigenvalue weighted by Crippen LogP contribution is 2.31. The molecular formula is C12H11F3N2O2. The van der Waals surface area contributed by atoms with E-state index in [0.717, 1.165) is 12.1 Å². The molecule has 1 rings (SSSR count). The van der Waals surface area contributed by atoms with Crippen molar-refractivity contribution in [1.82, 2.24) is 0 Å². The average Bonchev–Trinajstić information content (AvgIpc) is 2.27. The predicted molar refractivity (Wildman–Crippen MR) is 62.0 cm³/mol. The van der Waals surface area contributed by atoms with Crippen LogP contribution in [0.4, 0.5) is 18.9 Å². The van der Waals surface area contributed by atoms with Gasteiger partial charge in [0.05, 0.1) is 11.3 Å². The zero-order valence-corrected chi connectivity index (χ0v) is 10.2. The minimum absolute atomic E-state index is 0.0603. The van der Waals surface area contributed by atoms with Crippen LogP contribution in [0.25, 0.3) is 0 Å². The number of carbonyl (C=O) groups excluding carboxylic acids is 1. The van der Waals surface area contributed by atoms with Gasteiger partial charge in [-0.3, -0.25) is 4.79 Å². The van der Waals surface area contributed by atoms with Crippen LogP contribution in [0, 0.1) is 0 Å². The second-order valence-corrected chi connectivity index (χ2v) is 3.74. The normalized spacial score (nSPS) is 13.5. The van der Waals surface area contributed by atoms with E-state index in [1.165, 1.54) is 26.0 Å². The van der Waals surface area contributed by atoms with Crippen molar-refractivity contribution in [2.45, 2.75) is 20.0 Å². The number of aliphatic hydroxyl groups excluding tert-OH is 1. The summed E-state index contributed by atoms with van der Waals surface area (Å²) in [5, 5.41) is 16.1. The quantitative estimate of drug-likeness (QED) is 0.510. The first-order valence-electron chi connectivity index (χ1n) is 5.21. The number of alkyl halides is 3. The van der Waals surface area contributed by atoms with E-state index < -0.39 is 17.5 Å². The van der Waals surface area contributed by atoms with Crippen LogP contribution >= 0.6 is 0 Å². The molecule has 1 aromatic carbocycles. The van der Waals surface area contributed by atoms with Crippen LogP contribution in [0.3, 0.4) is 0 Å². The number of ketones is 1. The summed E-state index contributed by atoms with van der Waals surface area (Å²) in [6.07, 6.45) is -4.47. The number of aliphatic hydroxyl groups is 1. The van der Waals surface area contributed by atoms with Crippen LogP contribution in [0.2, 0.25) is 0 Å². The van der Waals surface area contributed by atoms with Crippen molar-refractivity contribution >= 4 is 11.5 Å². The third-order valence-corrected chi connectivity index (χ3v) is 2.12. The van der Waals surface area contributed by atoms with E-state index >= 15 is 0 Å². The van der Waals surface area contributed by atoms with E-state index in [9.17, 15) is 18.0 Å². The minimum Gasteiger partial charge on any atom is -0.510 e. The van der Waals surface area contributed by atoms with Gasteiger partial charge in [0.25, 0.3) is 0 Å². The molecule has 0 aliphatic heterocycles. The molecule has 0 aliphatic rings. The summed E-state index contributed by atoms with van der Waals surface area (Å²) < 4.78 is 37.3. The summed E-state index contributed by atoms with van der Waals surface area (Å²) in [6.45, 7) is 2.40. The first kappa shape index (κ1) is 14.9. The molecule has 0 spiro atoms. The lowest BCUT2D eigenvalue weighted by molar-refractivity contribution is -0.137. The lowest BCUT2D eigenvalue weighted by atomic mass is 10.2. The first-order valence-corrected chi connectivity index (χ1v) is 5.21. The molecule has 19 heavy (non-hydrogen) atoms. The number of Topliss-reactive ketones (excluding diaryl/α,β-unsaturated/α-hetero) is 1. The number of benzene rings is 1. The molecule has 4 nitrogen and oxygen atoms in total. The molecule has 0 bridgehead atoms. The second-order valence-electron chi connectivity index (χ2n) is 3.74. The largest absolute Gasteiger partial charge is 0.510 e. The van der Waals surface area contributed by atoms with E-state index in [1.807, 2.05) is 0 Å². The fourth-order valence-corrected chi connectivity index (χ4v) is 1.25. The summed E-state index contributed by atoms with van der Waals surface area (Å²) in [4.78, 5) is 11.1. The van der Waals surface area contributed by atoms with Crippen molar-refractivity contribution in [3.8, 4) is 0 Å². The predicted octanol–water partition coefficient (Wildman–Crippen LogP) is 4.17. The zero-order valence-electron chi connectivity index (χ0n) is 10.2. The molecule has 0 aromatic heterocycles. The number of halogens is 3. The fraction of sp³-hybridized carbons (Fsp3) is 0.250. The molecule has 0 atom stereocenters. The van der Waals surface area contributed by atoms with Gasteiger partial charge in [-0.1, -0.05) is 6.07 Å². The highest BCUT2D eigenvalue weighted by Gasteiger charge is 2.30. The molecule has 0 aliphatic carbocycles. The summed E-state index contributed by atoms with van der Waals surface area (Å²) in [5.74, 6) is -0.876. The fourth-order valence-electron chi connectivity index (χ4n) is 1.25. The van der Waals surface area contributed by atoms with Crippen LogP contribution in [-0.2, 0) is 11.0 Å². The Labute approximate surface area is 107 Å². The minimum atomic E-state index is -4.47. The van der Waals surface area contributed by atoms with Gasteiger partial charge in [0, 0.05) is 6.92 Å². The van der Waals surface area contributed by atoms with Crippen LogP contribution in [0.1, 0.15) is 19.4 Å². The van der Waals surface area contributed by atoms with Crippen LogP contribution in [0.15, 0.2) is 46.0 Å². The van der Waals surface area contributed by atoms with Crippen molar-refractivity contribution in [2.24, 2.45) is 10.2 Å². The average molecular weight is 272 g/mol. The van der Waals surface area contributed by atoms with Crippen molar-refractivity contribution in [3.63, 3.8) is 0 Å². The number of hydrogen-bond donors (Lipinski definition) is 1. The van der Waals surface area contributed by atoms with Gasteiger partial charge in [-0.2, -0.15) is 18.3 Å². The maximum absolute atomic E-state index is 12.4. The molecule has 0 unspecified atom stereocenters. The Morgan fingerprint density at radius 2 is 1.89 bits per heavy atom. The molecule has 0 amide bonds. The number of carbonyl (C=O) groups is 1. The summed E-state index contributed by atoms with van der Waals surface area (Å²) in [5.41, 5.74) is -1.22. The lowest BCUT2D eigenvalue weighted by Crippen LogP contribution is -2.03. The van der Waals surface area contributed by atoms with Gasteiger partial charge in [0.1, 0.15) is 5.76 Å². The Bertz CT molecular complexity index is 544. The summed E-state index contributed by atoms with van der Waals surface area (Å²) in [7, 11) is 0. The Morgan fingerprint density at radius 3 is 2.37 bits per heavy atom. The van der Waals surface area contributed by atoms with Crippen molar-refractivity contribution in [1.29, 1.82) is 0 Å². The second kappa shape index (κ2) is 5.64. The van der Waals surface area contributed by atoms with Crippen LogP contribution < -0.4 is 0 Å². The smallest absolute Gasteiger partial charge is 0.416 e. The van der Waals surface area contributed by atoms with Gasteiger partial charge in [0.15, 0.2) is 11.5 Å². The SMILES string of the molecule is CC(=O)/C(N=Nc1cccc(C(F)(F)F)c1)=C(/C)O. The maximum Gasteiger partial charge on any atom is 0.416 e. The highest BCUT2D eigenvalue weighted by molar-refractivity contribution is 5.93. The van der Waals surface area contributed by atoms with Crippen LogP contribution in [-0.4, -0.2) is 10.9 Å². The third kappa shape index (κ3) is 4.20.